The van der Waals surface area contributed by atoms with E-state index in [1.165, 1.54) is 5.01 Å². The Kier molecular flexibility index (Phi) is 11.1. The van der Waals surface area contributed by atoms with Crippen LogP contribution in [-0.4, -0.2) is 69.2 Å². The van der Waals surface area contributed by atoms with Gasteiger partial charge in [0.25, 0.3) is 5.91 Å². The molecule has 3 heterocycles. The summed E-state index contributed by atoms with van der Waals surface area (Å²) < 4.78 is 5.85. The van der Waals surface area contributed by atoms with E-state index in [-0.39, 0.29) is 11.8 Å². The Hall–Kier alpha value is -2.63. The lowest BCUT2D eigenvalue weighted by molar-refractivity contribution is -0.156. The predicted octanol–water partition coefficient (Wildman–Crippen LogP) is 3.07. The molecule has 0 saturated carbocycles. The number of ether oxygens (including phenoxy) is 1. The van der Waals surface area contributed by atoms with E-state index in [4.69, 9.17) is 4.74 Å². The fraction of sp³-hybridized carbons (Fsp3) is 0.645. The van der Waals surface area contributed by atoms with Gasteiger partial charge in [-0.3, -0.25) is 30.2 Å². The van der Waals surface area contributed by atoms with Gasteiger partial charge in [0.15, 0.2) is 0 Å². The van der Waals surface area contributed by atoms with Crippen molar-refractivity contribution in [3.8, 4) is 0 Å². The van der Waals surface area contributed by atoms with Gasteiger partial charge in [-0.1, -0.05) is 38.8 Å². The molecule has 0 spiro atoms. The first-order valence-electron chi connectivity index (χ1n) is 15.2. The lowest BCUT2D eigenvalue weighted by Crippen LogP contribution is -2.62. The van der Waals surface area contributed by atoms with Crippen LogP contribution in [0.1, 0.15) is 90.0 Å². The fourth-order valence-corrected chi connectivity index (χ4v) is 5.65. The second-order valence-electron chi connectivity index (χ2n) is 11.9. The summed E-state index contributed by atoms with van der Waals surface area (Å²) in [6.07, 6.45) is 6.18. The van der Waals surface area contributed by atoms with Crippen LogP contribution in [0.25, 0.3) is 10.8 Å². The van der Waals surface area contributed by atoms with Gasteiger partial charge in [0.05, 0.1) is 12.1 Å². The quantitative estimate of drug-likeness (QED) is 0.328. The van der Waals surface area contributed by atoms with Crippen LogP contribution in [0.2, 0.25) is 0 Å². The number of hydrogen-bond acceptors (Lipinski definition) is 9. The van der Waals surface area contributed by atoms with Crippen molar-refractivity contribution in [2.24, 2.45) is 5.92 Å². The maximum Gasteiger partial charge on any atom is 0.325 e. The third kappa shape index (κ3) is 8.45. The van der Waals surface area contributed by atoms with Gasteiger partial charge < -0.3 is 14.9 Å². The van der Waals surface area contributed by atoms with E-state index < -0.39 is 42.7 Å². The molecule has 5 N–H and O–H groups in total. The van der Waals surface area contributed by atoms with Gasteiger partial charge in [-0.05, 0) is 81.4 Å². The Balaban J connectivity index is 1.52. The summed E-state index contributed by atoms with van der Waals surface area (Å²) in [6, 6.07) is 6.31. The third-order valence-electron chi connectivity index (χ3n) is 8.20. The van der Waals surface area contributed by atoms with E-state index in [0.717, 1.165) is 54.1 Å². The van der Waals surface area contributed by atoms with Gasteiger partial charge in [-0.25, -0.2) is 5.43 Å². The van der Waals surface area contributed by atoms with Crippen LogP contribution < -0.4 is 16.1 Å². The number of aromatic nitrogens is 1. The summed E-state index contributed by atoms with van der Waals surface area (Å²) >= 11 is 0. The molecule has 5 bridgehead atoms. The largest absolute Gasteiger partial charge is 0.457 e. The van der Waals surface area contributed by atoms with Crippen molar-refractivity contribution in [3.05, 3.63) is 41.7 Å². The molecule has 1 fully saturated rings. The highest BCUT2D eigenvalue weighted by atomic mass is 16.5. The molecule has 10 heteroatoms. The van der Waals surface area contributed by atoms with Crippen molar-refractivity contribution in [2.45, 2.75) is 116 Å². The van der Waals surface area contributed by atoms with E-state index >= 15 is 0 Å². The number of carbonyl (C=O) groups is 2. The number of rotatable bonds is 1. The molecule has 4 rings (SSSR count). The van der Waals surface area contributed by atoms with E-state index in [9.17, 15) is 19.8 Å². The minimum atomic E-state index is -1.05. The zero-order valence-electron chi connectivity index (χ0n) is 24.8. The maximum absolute atomic E-state index is 13.3. The monoisotopic (exact) mass is 569 g/mol. The molecular formula is C31H47N5O5. The number of aryl methyl sites for hydroxylation is 1. The smallest absolute Gasteiger partial charge is 0.325 e. The van der Waals surface area contributed by atoms with Crippen molar-refractivity contribution in [3.63, 3.8) is 0 Å². The Labute approximate surface area is 243 Å². The SMILES string of the molecule is CC(C)[C@@H]1NC(O)CCCCCCc2cc3cc(ccc3cn2)[C@@H](C)OC(=O)[C@@H]2CCCN(N2)C(=O)[C@H](C)NC1O. The molecule has 0 aliphatic carbocycles. The lowest BCUT2D eigenvalue weighted by Gasteiger charge is -2.36. The van der Waals surface area contributed by atoms with Crippen LogP contribution in [0.4, 0.5) is 0 Å². The molecule has 6 atom stereocenters. The number of hydrogen-bond donors (Lipinski definition) is 5. The topological polar surface area (TPSA) is 136 Å². The van der Waals surface area contributed by atoms with Crippen LogP contribution in [-0.2, 0) is 20.7 Å². The number of amides is 1. The molecule has 1 saturated heterocycles. The van der Waals surface area contributed by atoms with Crippen molar-refractivity contribution in [2.75, 3.05) is 6.54 Å². The summed E-state index contributed by atoms with van der Waals surface area (Å²) in [5, 5.41) is 31.3. The summed E-state index contributed by atoms with van der Waals surface area (Å²) in [6.45, 7) is 7.92. The number of cyclic esters (lactones) is 1. The van der Waals surface area contributed by atoms with Crippen molar-refractivity contribution < 1.29 is 24.5 Å². The Morgan fingerprint density at radius 1 is 0.976 bits per heavy atom. The first kappa shape index (κ1) is 31.3. The third-order valence-corrected chi connectivity index (χ3v) is 8.20. The molecule has 1 aromatic carbocycles. The molecule has 2 aliphatic rings. The number of carbonyl (C=O) groups excluding carboxylic acids is 2. The minimum Gasteiger partial charge on any atom is -0.457 e. The van der Waals surface area contributed by atoms with Crippen molar-refractivity contribution in [1.82, 2.24) is 26.1 Å². The van der Waals surface area contributed by atoms with E-state index in [1.807, 2.05) is 39.1 Å². The number of benzene rings is 1. The molecule has 10 nitrogen and oxygen atoms in total. The Morgan fingerprint density at radius 2 is 1.76 bits per heavy atom. The second-order valence-corrected chi connectivity index (χ2v) is 11.9. The first-order chi connectivity index (χ1) is 19.6. The van der Waals surface area contributed by atoms with E-state index in [1.54, 1.807) is 6.92 Å². The molecular weight excluding hydrogens is 522 g/mol. The van der Waals surface area contributed by atoms with E-state index in [0.29, 0.717) is 25.8 Å². The fourth-order valence-electron chi connectivity index (χ4n) is 5.65. The summed E-state index contributed by atoms with van der Waals surface area (Å²) in [4.78, 5) is 31.0. The molecule has 1 amide bonds. The van der Waals surface area contributed by atoms with Crippen molar-refractivity contribution in [1.29, 1.82) is 0 Å². The van der Waals surface area contributed by atoms with Crippen LogP contribution in [0.5, 0.6) is 0 Å². The van der Waals surface area contributed by atoms with Crippen LogP contribution in [0.15, 0.2) is 30.5 Å². The maximum atomic E-state index is 13.3. The highest BCUT2D eigenvalue weighted by Gasteiger charge is 2.34. The number of esters is 1. The molecule has 226 valence electrons. The molecule has 1 aromatic heterocycles. The molecule has 2 unspecified atom stereocenters. The number of nitrogens with zero attached hydrogens (tertiary/aromatic N) is 2. The van der Waals surface area contributed by atoms with Gasteiger partial charge in [-0.2, -0.15) is 0 Å². The summed E-state index contributed by atoms with van der Waals surface area (Å²) in [5.41, 5.74) is 4.98. The van der Waals surface area contributed by atoms with Crippen LogP contribution in [0, 0.1) is 5.92 Å². The van der Waals surface area contributed by atoms with Gasteiger partial charge in [0, 0.05) is 23.8 Å². The average Bonchev–Trinajstić information content (AvgIpc) is 2.96. The lowest BCUT2D eigenvalue weighted by atomic mass is 10.0. The van der Waals surface area contributed by atoms with Crippen LogP contribution in [0.3, 0.4) is 0 Å². The number of aliphatic hydroxyl groups is 2. The van der Waals surface area contributed by atoms with Crippen LogP contribution >= 0.6 is 0 Å². The second kappa shape index (κ2) is 14.5. The normalized spacial score (nSPS) is 30.0. The summed E-state index contributed by atoms with van der Waals surface area (Å²) in [7, 11) is 0. The molecule has 2 aliphatic heterocycles. The number of hydrazine groups is 1. The zero-order valence-corrected chi connectivity index (χ0v) is 24.8. The Morgan fingerprint density at radius 3 is 2.54 bits per heavy atom. The van der Waals surface area contributed by atoms with Gasteiger partial charge in [-0.15, -0.1) is 0 Å². The molecule has 41 heavy (non-hydrogen) atoms. The minimum absolute atomic E-state index is 0.00618. The first-order valence-corrected chi connectivity index (χ1v) is 15.2. The average molecular weight is 570 g/mol. The number of nitrogens with one attached hydrogen (secondary N) is 3. The highest BCUT2D eigenvalue weighted by molar-refractivity contribution is 5.84. The van der Waals surface area contributed by atoms with Gasteiger partial charge in [0.1, 0.15) is 24.6 Å². The molecule has 2 aromatic rings. The van der Waals surface area contributed by atoms with Crippen molar-refractivity contribution >= 4 is 22.6 Å². The van der Waals surface area contributed by atoms with Gasteiger partial charge >= 0.3 is 5.97 Å². The molecule has 0 radical (unpaired) electrons. The summed E-state index contributed by atoms with van der Waals surface area (Å²) in [5.74, 6) is -0.670. The number of pyridine rings is 1. The highest BCUT2D eigenvalue weighted by Crippen LogP contribution is 2.25. The number of fused-ring (bicyclic) bond motifs is 4. The Bertz CT molecular complexity index is 1180. The number of aliphatic hydroxyl groups excluding tert-OH is 2. The predicted molar refractivity (Wildman–Crippen MR) is 157 cm³/mol. The standard InChI is InChI=1S/C31H47N5O5/c1-19(2)28-29(38)33-20(3)30(39)36-15-9-11-26(35-36)31(40)41-21(4)22-13-14-23-18-32-25(17-24(23)16-22)10-7-5-6-8-12-27(37)34-28/h13-14,16-21,26-29,33-35,37-38H,5-12,15H2,1-4H3/t20-,21+,26-,27?,28-,29?/m0/s1. The van der Waals surface area contributed by atoms with Gasteiger partial charge in [0.2, 0.25) is 0 Å². The zero-order chi connectivity index (χ0) is 29.5. The van der Waals surface area contributed by atoms with E-state index in [2.05, 4.69) is 33.2 Å².